The fraction of sp³-hybridized carbons (Fsp3) is 0.583. The highest BCUT2D eigenvalue weighted by Crippen LogP contribution is 2.30. The SMILES string of the molecule is CCCC(=O)OC(C)CN[C@@H](Cc1ccc(OC(=O)C(C)C)c(OC(=O)C(C)C)c1)C(=O)O. The van der Waals surface area contributed by atoms with E-state index in [0.717, 1.165) is 0 Å². The maximum Gasteiger partial charge on any atom is 0.321 e. The first-order chi connectivity index (χ1) is 15.4. The van der Waals surface area contributed by atoms with Crippen molar-refractivity contribution in [3.05, 3.63) is 23.8 Å². The normalized spacial score (nSPS) is 12.8. The summed E-state index contributed by atoms with van der Waals surface area (Å²) in [6.07, 6.45) is 0.544. The Balaban J connectivity index is 2.99. The number of rotatable bonds is 13. The van der Waals surface area contributed by atoms with Crippen LogP contribution in [0.1, 0.15) is 59.9 Å². The van der Waals surface area contributed by atoms with Gasteiger partial charge in [-0.1, -0.05) is 40.7 Å². The van der Waals surface area contributed by atoms with Gasteiger partial charge in [0.15, 0.2) is 11.5 Å². The van der Waals surface area contributed by atoms with Crippen LogP contribution < -0.4 is 14.8 Å². The molecule has 0 fully saturated rings. The molecule has 0 aliphatic heterocycles. The number of esters is 3. The van der Waals surface area contributed by atoms with Crippen molar-refractivity contribution in [1.29, 1.82) is 0 Å². The second-order valence-corrected chi connectivity index (χ2v) is 8.49. The number of aliphatic carboxylic acids is 1. The van der Waals surface area contributed by atoms with Gasteiger partial charge in [0.2, 0.25) is 0 Å². The summed E-state index contributed by atoms with van der Waals surface area (Å²) in [6, 6.07) is 3.60. The molecule has 9 heteroatoms. The minimum atomic E-state index is -1.09. The molecule has 0 saturated carbocycles. The molecule has 1 aromatic rings. The first-order valence-electron chi connectivity index (χ1n) is 11.2. The molecule has 0 aliphatic rings. The van der Waals surface area contributed by atoms with Gasteiger partial charge in [0.05, 0.1) is 11.8 Å². The summed E-state index contributed by atoms with van der Waals surface area (Å²) in [7, 11) is 0. The standard InChI is InChI=1S/C24H35NO8/c1-7-8-21(26)31-16(6)13-25-18(22(27)28)11-17-9-10-19(32-23(29)14(2)3)20(12-17)33-24(30)15(4)5/h9-10,12,14-16,18,25H,7-8,11,13H2,1-6H3,(H,27,28)/t16?,18-/m0/s1. The lowest BCUT2D eigenvalue weighted by molar-refractivity contribution is -0.148. The van der Waals surface area contributed by atoms with Crippen LogP contribution in [0.3, 0.4) is 0 Å². The van der Waals surface area contributed by atoms with E-state index in [1.165, 1.54) is 12.1 Å². The Hall–Kier alpha value is -2.94. The summed E-state index contributed by atoms with van der Waals surface area (Å²) < 4.78 is 16.0. The number of nitrogens with one attached hydrogen (secondary N) is 1. The Morgan fingerprint density at radius 1 is 0.939 bits per heavy atom. The van der Waals surface area contributed by atoms with Crippen LogP contribution in [0, 0.1) is 11.8 Å². The summed E-state index contributed by atoms with van der Waals surface area (Å²) in [6.45, 7) is 10.4. The molecule has 0 aliphatic carbocycles. The van der Waals surface area contributed by atoms with E-state index in [4.69, 9.17) is 14.2 Å². The highest BCUT2D eigenvalue weighted by atomic mass is 16.6. The van der Waals surface area contributed by atoms with Crippen molar-refractivity contribution in [1.82, 2.24) is 5.32 Å². The Morgan fingerprint density at radius 3 is 2.03 bits per heavy atom. The minimum Gasteiger partial charge on any atom is -0.480 e. The van der Waals surface area contributed by atoms with Crippen LogP contribution in [0.15, 0.2) is 18.2 Å². The summed E-state index contributed by atoms with van der Waals surface area (Å²) in [5, 5.41) is 12.5. The third-order valence-electron chi connectivity index (χ3n) is 4.55. The van der Waals surface area contributed by atoms with Gasteiger partial charge in [0.25, 0.3) is 0 Å². The number of carboxylic acids is 1. The summed E-state index contributed by atoms with van der Waals surface area (Å²) in [5.74, 6) is -3.07. The zero-order valence-corrected chi connectivity index (χ0v) is 20.2. The van der Waals surface area contributed by atoms with E-state index < -0.39 is 36.0 Å². The van der Waals surface area contributed by atoms with Crippen LogP contribution in [0.5, 0.6) is 11.5 Å². The second kappa shape index (κ2) is 13.6. The third-order valence-corrected chi connectivity index (χ3v) is 4.55. The monoisotopic (exact) mass is 465 g/mol. The molecule has 0 spiro atoms. The van der Waals surface area contributed by atoms with E-state index in [2.05, 4.69) is 5.32 Å². The maximum absolute atomic E-state index is 12.1. The molecule has 9 nitrogen and oxygen atoms in total. The summed E-state index contributed by atoms with van der Waals surface area (Å²) in [5.41, 5.74) is 0.557. The van der Waals surface area contributed by atoms with Gasteiger partial charge in [0, 0.05) is 13.0 Å². The molecule has 2 N–H and O–H groups in total. The summed E-state index contributed by atoms with van der Waals surface area (Å²) >= 11 is 0. The maximum atomic E-state index is 12.1. The number of carbonyl (C=O) groups is 4. The van der Waals surface area contributed by atoms with Crippen molar-refractivity contribution < 1.29 is 38.5 Å². The van der Waals surface area contributed by atoms with E-state index in [0.29, 0.717) is 18.4 Å². The van der Waals surface area contributed by atoms with Gasteiger partial charge in [-0.2, -0.15) is 0 Å². The molecule has 33 heavy (non-hydrogen) atoms. The van der Waals surface area contributed by atoms with Gasteiger partial charge in [-0.15, -0.1) is 0 Å². The van der Waals surface area contributed by atoms with E-state index in [-0.39, 0.29) is 36.4 Å². The number of ether oxygens (including phenoxy) is 3. The molecule has 0 bridgehead atoms. The average Bonchev–Trinajstić information content (AvgIpc) is 2.72. The van der Waals surface area contributed by atoms with Gasteiger partial charge in [0.1, 0.15) is 12.1 Å². The number of carbonyl (C=O) groups excluding carboxylic acids is 3. The van der Waals surface area contributed by atoms with E-state index >= 15 is 0 Å². The molecule has 0 radical (unpaired) electrons. The van der Waals surface area contributed by atoms with Crippen molar-refractivity contribution in [3.8, 4) is 11.5 Å². The number of carboxylic acid groups (broad SMARTS) is 1. The zero-order chi connectivity index (χ0) is 25.1. The van der Waals surface area contributed by atoms with Crippen molar-refractivity contribution in [2.45, 2.75) is 73.0 Å². The van der Waals surface area contributed by atoms with Gasteiger partial charge >= 0.3 is 23.9 Å². The predicted octanol–water partition coefficient (Wildman–Crippen LogP) is 3.13. The first-order valence-corrected chi connectivity index (χ1v) is 11.2. The second-order valence-electron chi connectivity index (χ2n) is 8.49. The van der Waals surface area contributed by atoms with Crippen LogP contribution >= 0.6 is 0 Å². The molecule has 184 valence electrons. The van der Waals surface area contributed by atoms with Crippen LogP contribution in [-0.4, -0.2) is 47.7 Å². The fourth-order valence-electron chi connectivity index (χ4n) is 2.62. The molecule has 0 amide bonds. The Labute approximate surface area is 194 Å². The highest BCUT2D eigenvalue weighted by Gasteiger charge is 2.22. The molecule has 2 atom stereocenters. The van der Waals surface area contributed by atoms with Crippen molar-refractivity contribution >= 4 is 23.9 Å². The van der Waals surface area contributed by atoms with Crippen LogP contribution in [0.2, 0.25) is 0 Å². The summed E-state index contributed by atoms with van der Waals surface area (Å²) in [4.78, 5) is 47.5. The Morgan fingerprint density at radius 2 is 1.52 bits per heavy atom. The molecule has 0 saturated heterocycles. The van der Waals surface area contributed by atoms with E-state index in [9.17, 15) is 24.3 Å². The largest absolute Gasteiger partial charge is 0.480 e. The third kappa shape index (κ3) is 10.0. The van der Waals surface area contributed by atoms with Gasteiger partial charge in [-0.25, -0.2) is 0 Å². The first kappa shape index (κ1) is 28.1. The number of benzene rings is 1. The Kier molecular flexibility index (Phi) is 11.6. The van der Waals surface area contributed by atoms with Crippen molar-refractivity contribution in [2.24, 2.45) is 11.8 Å². The molecular weight excluding hydrogens is 430 g/mol. The average molecular weight is 466 g/mol. The lowest BCUT2D eigenvalue weighted by Crippen LogP contribution is -2.42. The number of hydrogen-bond acceptors (Lipinski definition) is 8. The van der Waals surface area contributed by atoms with E-state index in [1.807, 2.05) is 6.92 Å². The van der Waals surface area contributed by atoms with Crippen molar-refractivity contribution in [2.75, 3.05) is 6.54 Å². The minimum absolute atomic E-state index is 0.0474. The predicted molar refractivity (Wildman–Crippen MR) is 121 cm³/mol. The molecule has 1 rings (SSSR count). The zero-order valence-electron chi connectivity index (χ0n) is 20.2. The quantitative estimate of drug-likeness (QED) is 0.333. The van der Waals surface area contributed by atoms with Crippen LogP contribution in [-0.2, 0) is 30.3 Å². The molecular formula is C24H35NO8. The molecule has 0 aromatic heterocycles. The molecule has 1 aromatic carbocycles. The molecule has 1 unspecified atom stereocenters. The van der Waals surface area contributed by atoms with Crippen LogP contribution in [0.4, 0.5) is 0 Å². The van der Waals surface area contributed by atoms with E-state index in [1.54, 1.807) is 40.7 Å². The van der Waals surface area contributed by atoms with Gasteiger partial charge < -0.3 is 24.6 Å². The van der Waals surface area contributed by atoms with Crippen molar-refractivity contribution in [3.63, 3.8) is 0 Å². The van der Waals surface area contributed by atoms with Gasteiger partial charge in [-0.3, -0.25) is 19.2 Å². The highest BCUT2D eigenvalue weighted by molar-refractivity contribution is 5.78. The Bertz CT molecular complexity index is 834. The van der Waals surface area contributed by atoms with Crippen LogP contribution in [0.25, 0.3) is 0 Å². The van der Waals surface area contributed by atoms with Gasteiger partial charge in [-0.05, 0) is 37.5 Å². The lowest BCUT2D eigenvalue weighted by Gasteiger charge is -2.19. The topological polar surface area (TPSA) is 128 Å². The molecule has 0 heterocycles. The smallest absolute Gasteiger partial charge is 0.321 e. The lowest BCUT2D eigenvalue weighted by atomic mass is 10.0. The number of hydrogen-bond donors (Lipinski definition) is 2. The fourth-order valence-corrected chi connectivity index (χ4v) is 2.62.